The van der Waals surface area contributed by atoms with Gasteiger partial charge in [0.15, 0.2) is 0 Å². The van der Waals surface area contributed by atoms with Gasteiger partial charge in [-0.05, 0) is 30.6 Å². The third-order valence-corrected chi connectivity index (χ3v) is 3.98. The van der Waals surface area contributed by atoms with Gasteiger partial charge in [0.1, 0.15) is 0 Å². The van der Waals surface area contributed by atoms with Crippen LogP contribution in [0.2, 0.25) is 0 Å². The number of amides is 1. The van der Waals surface area contributed by atoms with Gasteiger partial charge >= 0.3 is 18.0 Å². The van der Waals surface area contributed by atoms with Crippen LogP contribution < -0.4 is 5.32 Å². The number of carbonyl (C=O) groups excluding carboxylic acids is 1. The number of rotatable bonds is 3. The number of halogens is 5. The lowest BCUT2D eigenvalue weighted by molar-refractivity contribution is -0.270. The van der Waals surface area contributed by atoms with E-state index in [2.05, 4.69) is 0 Å². The summed E-state index contributed by atoms with van der Waals surface area (Å²) in [6.07, 6.45) is -3.81. The zero-order valence-electron chi connectivity index (χ0n) is 11.7. The SMILES string of the molecule is CC1CCC(C(C)C)C(NC(=O)C(F)(F)C(F)(F)F)C1. The Labute approximate surface area is 115 Å². The highest BCUT2D eigenvalue weighted by Crippen LogP contribution is 2.37. The van der Waals surface area contributed by atoms with Gasteiger partial charge in [-0.3, -0.25) is 4.79 Å². The molecule has 0 aromatic heterocycles. The molecule has 3 unspecified atom stereocenters. The Morgan fingerprint density at radius 3 is 2.15 bits per heavy atom. The molecule has 0 bridgehead atoms. The average Bonchev–Trinajstić information content (AvgIpc) is 2.26. The first-order chi connectivity index (χ1) is 8.96. The molecule has 7 heteroatoms. The molecule has 1 aliphatic carbocycles. The van der Waals surface area contributed by atoms with Crippen molar-refractivity contribution in [2.45, 2.75) is 58.2 Å². The molecule has 2 nitrogen and oxygen atoms in total. The summed E-state index contributed by atoms with van der Waals surface area (Å²) in [5.41, 5.74) is 0. The van der Waals surface area contributed by atoms with Crippen molar-refractivity contribution in [1.82, 2.24) is 5.32 Å². The van der Waals surface area contributed by atoms with Crippen LogP contribution in [0.25, 0.3) is 0 Å². The fourth-order valence-electron chi connectivity index (χ4n) is 2.76. The van der Waals surface area contributed by atoms with E-state index in [0.717, 1.165) is 12.8 Å². The van der Waals surface area contributed by atoms with Gasteiger partial charge in [0.2, 0.25) is 0 Å². The van der Waals surface area contributed by atoms with Gasteiger partial charge in [-0.1, -0.05) is 27.2 Å². The Morgan fingerprint density at radius 1 is 1.15 bits per heavy atom. The van der Waals surface area contributed by atoms with Crippen LogP contribution in [-0.2, 0) is 4.79 Å². The molecule has 0 aromatic carbocycles. The standard InChI is InChI=1S/C13H20F5NO/c1-7(2)9-5-4-8(3)6-10(9)19-11(20)12(14,15)13(16,17)18/h7-10H,4-6H2,1-3H3,(H,19,20). The number of hydrogen-bond donors (Lipinski definition) is 1. The third-order valence-electron chi connectivity index (χ3n) is 3.98. The summed E-state index contributed by atoms with van der Waals surface area (Å²) in [7, 11) is 0. The van der Waals surface area contributed by atoms with Gasteiger partial charge in [0.05, 0.1) is 0 Å². The second-order valence-electron chi connectivity index (χ2n) is 5.98. The van der Waals surface area contributed by atoms with Crippen molar-refractivity contribution in [3.05, 3.63) is 0 Å². The first-order valence-electron chi connectivity index (χ1n) is 6.72. The molecule has 1 amide bonds. The highest BCUT2D eigenvalue weighted by Gasteiger charge is 2.63. The molecule has 1 fully saturated rings. The van der Waals surface area contributed by atoms with E-state index < -0.39 is 24.0 Å². The van der Waals surface area contributed by atoms with Crippen LogP contribution in [0.1, 0.15) is 40.0 Å². The first-order valence-corrected chi connectivity index (χ1v) is 6.72. The van der Waals surface area contributed by atoms with Crippen LogP contribution in [0.15, 0.2) is 0 Å². The molecule has 0 aliphatic heterocycles. The summed E-state index contributed by atoms with van der Waals surface area (Å²) < 4.78 is 62.4. The molecule has 1 rings (SSSR count). The maximum Gasteiger partial charge on any atom is 0.463 e. The second-order valence-corrected chi connectivity index (χ2v) is 5.98. The monoisotopic (exact) mass is 301 g/mol. The molecule has 0 aromatic rings. The van der Waals surface area contributed by atoms with Gasteiger partial charge in [0.25, 0.3) is 0 Å². The van der Waals surface area contributed by atoms with Crippen molar-refractivity contribution >= 4 is 5.91 Å². The molecule has 0 spiro atoms. The van der Waals surface area contributed by atoms with Crippen LogP contribution in [0.5, 0.6) is 0 Å². The van der Waals surface area contributed by atoms with Crippen molar-refractivity contribution in [2.75, 3.05) is 0 Å². The van der Waals surface area contributed by atoms with Crippen LogP contribution in [0.4, 0.5) is 22.0 Å². The van der Waals surface area contributed by atoms with E-state index in [1.165, 1.54) is 0 Å². The molecule has 1 saturated carbocycles. The quantitative estimate of drug-likeness (QED) is 0.790. The fourth-order valence-corrected chi connectivity index (χ4v) is 2.76. The number of carbonyl (C=O) groups is 1. The predicted octanol–water partition coefficient (Wildman–Crippen LogP) is 3.76. The molecule has 118 valence electrons. The van der Waals surface area contributed by atoms with Gasteiger partial charge in [-0.15, -0.1) is 0 Å². The van der Waals surface area contributed by atoms with Crippen molar-refractivity contribution in [3.8, 4) is 0 Å². The lowest BCUT2D eigenvalue weighted by Crippen LogP contribution is -2.55. The molecule has 1 N–H and O–H groups in total. The number of alkyl halides is 5. The zero-order chi connectivity index (χ0) is 15.7. The van der Waals surface area contributed by atoms with Crippen molar-refractivity contribution in [3.63, 3.8) is 0 Å². The maximum atomic E-state index is 13.0. The largest absolute Gasteiger partial charge is 0.463 e. The predicted molar refractivity (Wildman–Crippen MR) is 64.3 cm³/mol. The first kappa shape index (κ1) is 17.2. The smallest absolute Gasteiger partial charge is 0.348 e. The summed E-state index contributed by atoms with van der Waals surface area (Å²) in [4.78, 5) is 11.3. The Hall–Kier alpha value is -0.880. The van der Waals surface area contributed by atoms with E-state index in [4.69, 9.17) is 0 Å². The lowest BCUT2D eigenvalue weighted by Gasteiger charge is -2.38. The molecule has 1 aliphatic rings. The molecular formula is C13H20F5NO. The minimum atomic E-state index is -5.86. The molecule has 0 saturated heterocycles. The summed E-state index contributed by atoms with van der Waals surface area (Å²) >= 11 is 0. The van der Waals surface area contributed by atoms with E-state index in [9.17, 15) is 26.7 Å². The molecule has 0 radical (unpaired) electrons. The van der Waals surface area contributed by atoms with Crippen LogP contribution in [-0.4, -0.2) is 24.0 Å². The minimum Gasteiger partial charge on any atom is -0.348 e. The van der Waals surface area contributed by atoms with Crippen LogP contribution in [0, 0.1) is 17.8 Å². The minimum absolute atomic E-state index is 0.0702. The second kappa shape index (κ2) is 5.85. The van der Waals surface area contributed by atoms with Crippen LogP contribution >= 0.6 is 0 Å². The van der Waals surface area contributed by atoms with E-state index in [0.29, 0.717) is 6.42 Å². The summed E-state index contributed by atoms with van der Waals surface area (Å²) in [5.74, 6) is -7.33. The lowest BCUT2D eigenvalue weighted by atomic mass is 9.74. The van der Waals surface area contributed by atoms with E-state index in [-0.39, 0.29) is 17.8 Å². The average molecular weight is 301 g/mol. The van der Waals surface area contributed by atoms with E-state index in [1.807, 2.05) is 26.1 Å². The summed E-state index contributed by atoms with van der Waals surface area (Å²) in [6, 6.07) is -0.625. The number of hydrogen-bond acceptors (Lipinski definition) is 1. The maximum absolute atomic E-state index is 13.0. The Kier molecular flexibility index (Phi) is 5.03. The Bertz CT molecular complexity index is 353. The van der Waals surface area contributed by atoms with Gasteiger partial charge < -0.3 is 5.32 Å². The summed E-state index contributed by atoms with van der Waals surface area (Å²) in [6.45, 7) is 5.65. The molecule has 20 heavy (non-hydrogen) atoms. The highest BCUT2D eigenvalue weighted by atomic mass is 19.4. The van der Waals surface area contributed by atoms with Gasteiger partial charge in [-0.2, -0.15) is 22.0 Å². The third kappa shape index (κ3) is 3.61. The normalized spacial score (nSPS) is 28.6. The van der Waals surface area contributed by atoms with Gasteiger partial charge in [0, 0.05) is 6.04 Å². The van der Waals surface area contributed by atoms with Crippen LogP contribution in [0.3, 0.4) is 0 Å². The molecule has 3 atom stereocenters. The van der Waals surface area contributed by atoms with Crippen molar-refractivity contribution in [1.29, 1.82) is 0 Å². The Morgan fingerprint density at radius 2 is 1.70 bits per heavy atom. The summed E-state index contributed by atoms with van der Waals surface area (Å²) in [5, 5.41) is 1.92. The van der Waals surface area contributed by atoms with E-state index in [1.54, 1.807) is 0 Å². The fraction of sp³-hybridized carbons (Fsp3) is 0.923. The van der Waals surface area contributed by atoms with Crippen molar-refractivity contribution < 1.29 is 26.7 Å². The molecule has 0 heterocycles. The van der Waals surface area contributed by atoms with E-state index >= 15 is 0 Å². The van der Waals surface area contributed by atoms with Crippen molar-refractivity contribution in [2.24, 2.45) is 17.8 Å². The Balaban J connectivity index is 2.81. The van der Waals surface area contributed by atoms with Gasteiger partial charge in [-0.25, -0.2) is 0 Å². The highest BCUT2D eigenvalue weighted by molar-refractivity contribution is 5.84. The molecular weight excluding hydrogens is 281 g/mol. The topological polar surface area (TPSA) is 29.1 Å². The number of nitrogens with one attached hydrogen (secondary N) is 1. The zero-order valence-corrected chi connectivity index (χ0v) is 11.7.